The van der Waals surface area contributed by atoms with Gasteiger partial charge in [-0.2, -0.15) is 13.2 Å². The molecule has 0 saturated heterocycles. The third kappa shape index (κ3) is 6.44. The van der Waals surface area contributed by atoms with Crippen LogP contribution in [0.15, 0.2) is 66.1 Å². The second-order valence-corrected chi connectivity index (χ2v) is 7.80. The molecule has 0 aliphatic rings. The van der Waals surface area contributed by atoms with Crippen molar-refractivity contribution >= 4 is 5.84 Å². The van der Waals surface area contributed by atoms with E-state index >= 15 is 0 Å². The lowest BCUT2D eigenvalue weighted by atomic mass is 9.97. The van der Waals surface area contributed by atoms with E-state index in [0.29, 0.717) is 17.1 Å². The molecule has 0 aliphatic carbocycles. The van der Waals surface area contributed by atoms with E-state index in [1.165, 1.54) is 12.1 Å². The first kappa shape index (κ1) is 25.9. The second-order valence-electron chi connectivity index (χ2n) is 7.80. The van der Waals surface area contributed by atoms with Crippen molar-refractivity contribution in [2.45, 2.75) is 39.4 Å². The Hall–Kier alpha value is -3.75. The van der Waals surface area contributed by atoms with Crippen molar-refractivity contribution in [1.82, 2.24) is 15.3 Å². The van der Waals surface area contributed by atoms with E-state index in [-0.39, 0.29) is 5.82 Å². The molecule has 3 aromatic rings. The van der Waals surface area contributed by atoms with Crippen LogP contribution in [-0.4, -0.2) is 22.9 Å². The van der Waals surface area contributed by atoms with E-state index in [1.54, 1.807) is 32.4 Å². The monoisotopic (exact) mass is 486 g/mol. The Morgan fingerprint density at radius 1 is 1.11 bits per heavy atom. The van der Waals surface area contributed by atoms with Crippen molar-refractivity contribution in [2.75, 3.05) is 7.11 Å². The molecule has 0 fully saturated rings. The van der Waals surface area contributed by atoms with Crippen LogP contribution in [0.3, 0.4) is 0 Å². The van der Waals surface area contributed by atoms with E-state index in [2.05, 4.69) is 15.3 Å². The number of amidine groups is 1. The summed E-state index contributed by atoms with van der Waals surface area (Å²) in [7, 11) is 1.56. The molecule has 0 radical (unpaired) electrons. The van der Waals surface area contributed by atoms with Crippen LogP contribution in [-0.2, 0) is 6.18 Å². The number of allylic oxidation sites excluding steroid dienone is 1. The molecule has 2 aromatic carbocycles. The molecule has 5 nitrogen and oxygen atoms in total. The predicted molar refractivity (Wildman–Crippen MR) is 128 cm³/mol. The molecule has 0 spiro atoms. The van der Waals surface area contributed by atoms with E-state index in [1.807, 2.05) is 32.1 Å². The van der Waals surface area contributed by atoms with Crippen molar-refractivity contribution in [1.29, 1.82) is 0 Å². The highest BCUT2D eigenvalue weighted by Crippen LogP contribution is 2.31. The molecule has 9 heteroatoms. The maximum absolute atomic E-state index is 13.5. The predicted octanol–water partition coefficient (Wildman–Crippen LogP) is 6.64. The molecule has 1 atom stereocenters. The van der Waals surface area contributed by atoms with Crippen molar-refractivity contribution in [2.24, 2.45) is 4.99 Å². The largest absolute Gasteiger partial charge is 0.496 e. The van der Waals surface area contributed by atoms with E-state index in [9.17, 15) is 17.6 Å². The van der Waals surface area contributed by atoms with Gasteiger partial charge in [0.15, 0.2) is 0 Å². The molecule has 3 rings (SSSR count). The summed E-state index contributed by atoms with van der Waals surface area (Å²) in [5, 5.41) is 3.19. The van der Waals surface area contributed by atoms with Gasteiger partial charge >= 0.3 is 6.18 Å². The molecule has 1 unspecified atom stereocenters. The zero-order valence-electron chi connectivity index (χ0n) is 19.8. The van der Waals surface area contributed by atoms with Gasteiger partial charge < -0.3 is 10.1 Å². The number of nitrogens with zero attached hydrogens (tertiary/aromatic N) is 3. The number of hydrogen-bond acceptors (Lipinski definition) is 4. The molecular formula is C26H26F4N4O. The summed E-state index contributed by atoms with van der Waals surface area (Å²) in [6, 6.07) is 9.33. The average molecular weight is 487 g/mol. The van der Waals surface area contributed by atoms with Gasteiger partial charge in [0, 0.05) is 29.1 Å². The summed E-state index contributed by atoms with van der Waals surface area (Å²) < 4.78 is 57.5. The van der Waals surface area contributed by atoms with Gasteiger partial charge in [-0.05, 0) is 61.9 Å². The Bertz CT molecular complexity index is 1200. The van der Waals surface area contributed by atoms with Gasteiger partial charge in [0.1, 0.15) is 17.4 Å². The Morgan fingerprint density at radius 3 is 2.34 bits per heavy atom. The Morgan fingerprint density at radius 2 is 1.77 bits per heavy atom. The number of halogens is 4. The number of methoxy groups -OCH3 is 1. The molecule has 1 heterocycles. The lowest BCUT2D eigenvalue weighted by Gasteiger charge is -2.17. The van der Waals surface area contributed by atoms with Gasteiger partial charge in [0.25, 0.3) is 0 Å². The first-order valence-corrected chi connectivity index (χ1v) is 11.0. The lowest BCUT2D eigenvalue weighted by molar-refractivity contribution is -0.145. The maximum atomic E-state index is 13.5. The van der Waals surface area contributed by atoms with Crippen LogP contribution in [0.5, 0.6) is 5.75 Å². The smallest absolute Gasteiger partial charge is 0.451 e. The molecule has 0 bridgehead atoms. The topological polar surface area (TPSA) is 59.4 Å². The fraction of sp³-hybridized carbons (Fsp3) is 0.269. The molecule has 35 heavy (non-hydrogen) atoms. The highest BCUT2D eigenvalue weighted by Gasteiger charge is 2.34. The minimum absolute atomic E-state index is 0.339. The summed E-state index contributed by atoms with van der Waals surface area (Å²) in [6.07, 6.45) is 2.11. The maximum Gasteiger partial charge on any atom is 0.451 e. The first-order valence-electron chi connectivity index (χ1n) is 11.0. The van der Waals surface area contributed by atoms with Gasteiger partial charge in [0.05, 0.1) is 13.2 Å². The standard InChI is InChI=1S/C26H26F4N4O/c1-5-6-11-31-24(34-17(3)20-14-32-25(33-15-20)26(28,29)30)22-12-19(13-23(35-4)16(22)2)18-7-9-21(27)10-8-18/h6-15,17H,5H2,1-4H3,(H,31,34)/b11-6+. The minimum Gasteiger partial charge on any atom is -0.496 e. The number of aromatic nitrogens is 2. The molecule has 1 aromatic heterocycles. The summed E-state index contributed by atoms with van der Waals surface area (Å²) in [6.45, 7) is 5.61. The molecule has 0 amide bonds. The summed E-state index contributed by atoms with van der Waals surface area (Å²) >= 11 is 0. The summed E-state index contributed by atoms with van der Waals surface area (Å²) in [5.41, 5.74) is 3.55. The van der Waals surface area contributed by atoms with Crippen molar-refractivity contribution in [3.63, 3.8) is 0 Å². The van der Waals surface area contributed by atoms with E-state index in [4.69, 9.17) is 9.73 Å². The Kier molecular flexibility index (Phi) is 8.22. The molecule has 1 N–H and O–H groups in total. The second kappa shape index (κ2) is 11.1. The van der Waals surface area contributed by atoms with Crippen LogP contribution < -0.4 is 10.1 Å². The van der Waals surface area contributed by atoms with Crippen LogP contribution in [0, 0.1) is 12.7 Å². The zero-order chi connectivity index (χ0) is 25.6. The fourth-order valence-electron chi connectivity index (χ4n) is 3.36. The highest BCUT2D eigenvalue weighted by molar-refractivity contribution is 6.02. The van der Waals surface area contributed by atoms with Crippen molar-refractivity contribution < 1.29 is 22.3 Å². The SMILES string of the molecule is CC/C=C/NC(=NC(C)c1cnc(C(F)(F)F)nc1)c1cc(-c2ccc(F)cc2)cc(OC)c1C. The van der Waals surface area contributed by atoms with Gasteiger partial charge in [-0.15, -0.1) is 0 Å². The number of aliphatic imine (C=N–C) groups is 1. The van der Waals surface area contributed by atoms with Crippen molar-refractivity contribution in [3.8, 4) is 16.9 Å². The first-order chi connectivity index (χ1) is 16.6. The summed E-state index contributed by atoms with van der Waals surface area (Å²) in [5.74, 6) is -0.438. The van der Waals surface area contributed by atoms with Gasteiger partial charge in [0.2, 0.25) is 5.82 Å². The lowest BCUT2D eigenvalue weighted by Crippen LogP contribution is -2.21. The van der Waals surface area contributed by atoms with Gasteiger partial charge in [-0.3, -0.25) is 4.99 Å². The third-order valence-corrected chi connectivity index (χ3v) is 5.32. The third-order valence-electron chi connectivity index (χ3n) is 5.32. The zero-order valence-corrected chi connectivity index (χ0v) is 19.8. The van der Waals surface area contributed by atoms with Crippen LogP contribution in [0.4, 0.5) is 17.6 Å². The number of ether oxygens (including phenoxy) is 1. The van der Waals surface area contributed by atoms with Gasteiger partial charge in [-0.1, -0.05) is 25.1 Å². The molecule has 0 aliphatic heterocycles. The average Bonchev–Trinajstić information content (AvgIpc) is 2.84. The van der Waals surface area contributed by atoms with Gasteiger partial charge in [-0.25, -0.2) is 14.4 Å². The van der Waals surface area contributed by atoms with E-state index in [0.717, 1.165) is 41.1 Å². The molecule has 184 valence electrons. The molecule has 0 saturated carbocycles. The Labute approximate surface area is 201 Å². The number of nitrogens with one attached hydrogen (secondary N) is 1. The van der Waals surface area contributed by atoms with Crippen LogP contribution in [0.1, 0.15) is 48.8 Å². The molecular weight excluding hydrogens is 460 g/mol. The normalized spacial score (nSPS) is 13.2. The van der Waals surface area contributed by atoms with E-state index < -0.39 is 18.0 Å². The van der Waals surface area contributed by atoms with Crippen LogP contribution >= 0.6 is 0 Å². The minimum atomic E-state index is -4.61. The quantitative estimate of drug-likeness (QED) is 0.231. The van der Waals surface area contributed by atoms with Crippen LogP contribution in [0.25, 0.3) is 11.1 Å². The number of alkyl halides is 3. The Balaban J connectivity index is 2.08. The van der Waals surface area contributed by atoms with Crippen LogP contribution in [0.2, 0.25) is 0 Å². The highest BCUT2D eigenvalue weighted by atomic mass is 19.4. The number of benzene rings is 2. The number of hydrogen-bond donors (Lipinski definition) is 1. The fourth-order valence-corrected chi connectivity index (χ4v) is 3.36. The van der Waals surface area contributed by atoms with Crippen molar-refractivity contribution in [3.05, 3.63) is 89.4 Å². The summed E-state index contributed by atoms with van der Waals surface area (Å²) in [4.78, 5) is 11.6. The number of rotatable bonds is 7.